The molecular weight excluding hydrogens is 472 g/mol. The molecule has 1 aliphatic rings. The summed E-state index contributed by atoms with van der Waals surface area (Å²) in [5, 5.41) is 5.74. The van der Waals surface area contributed by atoms with Crippen molar-refractivity contribution in [1.82, 2.24) is 20.2 Å². The molecule has 1 saturated heterocycles. The van der Waals surface area contributed by atoms with Crippen LogP contribution in [-0.4, -0.2) is 47.1 Å². The number of urea groups is 1. The molecule has 4 rings (SSSR count). The van der Waals surface area contributed by atoms with Crippen molar-refractivity contribution < 1.29 is 18.3 Å². The van der Waals surface area contributed by atoms with Gasteiger partial charge in [-0.05, 0) is 47.9 Å². The first-order valence-electron chi connectivity index (χ1n) is 10.1. The summed E-state index contributed by atoms with van der Waals surface area (Å²) >= 11 is 3.36. The van der Waals surface area contributed by atoms with Gasteiger partial charge in [0.1, 0.15) is 11.4 Å². The number of amides is 2. The number of hydrogen-bond acceptors (Lipinski definition) is 4. The van der Waals surface area contributed by atoms with E-state index >= 15 is 0 Å². The van der Waals surface area contributed by atoms with E-state index < -0.39 is 23.4 Å². The smallest absolute Gasteiger partial charge is 0.319 e. The second-order valence-electron chi connectivity index (χ2n) is 7.32. The Labute approximate surface area is 186 Å². The van der Waals surface area contributed by atoms with Gasteiger partial charge in [-0.1, -0.05) is 6.42 Å². The fourth-order valence-electron chi connectivity index (χ4n) is 3.60. The summed E-state index contributed by atoms with van der Waals surface area (Å²) in [6.45, 7) is 3.27. The lowest BCUT2D eigenvalue weighted by atomic mass is 10.1. The van der Waals surface area contributed by atoms with Crippen molar-refractivity contribution >= 4 is 38.7 Å². The molecule has 164 valence electrons. The van der Waals surface area contributed by atoms with Crippen molar-refractivity contribution in [1.29, 1.82) is 0 Å². The van der Waals surface area contributed by atoms with Crippen LogP contribution in [0.15, 0.2) is 35.1 Å². The van der Waals surface area contributed by atoms with E-state index in [2.05, 4.69) is 41.4 Å². The minimum Gasteiger partial charge on any atom is -0.450 e. The highest BCUT2D eigenvalue weighted by molar-refractivity contribution is 9.10. The number of hydrogen-bond donors (Lipinski definition) is 3. The first kappa shape index (κ1) is 21.5. The number of halogens is 3. The minimum absolute atomic E-state index is 0.000484. The first-order valence-corrected chi connectivity index (χ1v) is 10.9. The molecule has 1 aliphatic heterocycles. The fraction of sp³-hybridized carbons (Fsp3) is 0.333. The molecule has 0 radical (unpaired) electrons. The molecule has 1 fully saturated rings. The maximum Gasteiger partial charge on any atom is 0.319 e. The lowest BCUT2D eigenvalue weighted by Gasteiger charge is -2.26. The van der Waals surface area contributed by atoms with E-state index in [1.54, 1.807) is 6.20 Å². The highest BCUT2D eigenvalue weighted by Crippen LogP contribution is 2.36. The third-order valence-electron chi connectivity index (χ3n) is 5.12. The fourth-order valence-corrected chi connectivity index (χ4v) is 4.10. The molecule has 31 heavy (non-hydrogen) atoms. The molecule has 0 aliphatic carbocycles. The van der Waals surface area contributed by atoms with Crippen LogP contribution >= 0.6 is 15.9 Å². The number of pyridine rings is 1. The van der Waals surface area contributed by atoms with Gasteiger partial charge in [-0.3, -0.25) is 0 Å². The molecule has 2 aromatic heterocycles. The second kappa shape index (κ2) is 9.61. The summed E-state index contributed by atoms with van der Waals surface area (Å²) < 4.78 is 35.3. The van der Waals surface area contributed by atoms with Gasteiger partial charge in [0, 0.05) is 47.8 Å². The Bertz CT molecular complexity index is 1060. The number of H-pyrrole nitrogens is 1. The average molecular weight is 494 g/mol. The highest BCUT2D eigenvalue weighted by Gasteiger charge is 2.18. The third kappa shape index (κ3) is 5.13. The predicted octanol–water partition coefficient (Wildman–Crippen LogP) is 5.00. The molecule has 1 aromatic carbocycles. The van der Waals surface area contributed by atoms with E-state index in [1.807, 2.05) is 0 Å². The summed E-state index contributed by atoms with van der Waals surface area (Å²) in [7, 11) is 0. The lowest BCUT2D eigenvalue weighted by Crippen LogP contribution is -2.39. The van der Waals surface area contributed by atoms with Gasteiger partial charge in [-0.25, -0.2) is 18.6 Å². The predicted molar refractivity (Wildman–Crippen MR) is 118 cm³/mol. The Morgan fingerprint density at radius 1 is 1.23 bits per heavy atom. The van der Waals surface area contributed by atoms with E-state index in [-0.39, 0.29) is 11.4 Å². The molecule has 7 nitrogen and oxygen atoms in total. The van der Waals surface area contributed by atoms with Crippen molar-refractivity contribution in [3.8, 4) is 11.5 Å². The normalized spacial score (nSPS) is 14.5. The van der Waals surface area contributed by atoms with Gasteiger partial charge in [0.2, 0.25) is 0 Å². The molecule has 3 N–H and O–H groups in total. The monoisotopic (exact) mass is 493 g/mol. The molecular formula is C21H22BrF2N5O2. The van der Waals surface area contributed by atoms with E-state index in [9.17, 15) is 13.6 Å². The topological polar surface area (TPSA) is 82.3 Å². The van der Waals surface area contributed by atoms with Gasteiger partial charge < -0.3 is 25.3 Å². The Morgan fingerprint density at radius 2 is 1.97 bits per heavy atom. The van der Waals surface area contributed by atoms with Gasteiger partial charge in [0.15, 0.2) is 17.4 Å². The van der Waals surface area contributed by atoms with E-state index in [4.69, 9.17) is 4.74 Å². The Hall–Kier alpha value is -2.72. The zero-order valence-corrected chi connectivity index (χ0v) is 18.3. The zero-order chi connectivity index (χ0) is 21.8. The lowest BCUT2D eigenvalue weighted by molar-refractivity contribution is 0.224. The largest absolute Gasteiger partial charge is 0.450 e. The van der Waals surface area contributed by atoms with Crippen LogP contribution in [0.3, 0.4) is 0 Å². The zero-order valence-electron chi connectivity index (χ0n) is 16.7. The van der Waals surface area contributed by atoms with Crippen LogP contribution in [0.2, 0.25) is 0 Å². The Kier molecular flexibility index (Phi) is 6.67. The number of rotatable bonds is 6. The number of ether oxygens (including phenoxy) is 1. The standard InChI is InChI=1S/C21H22BrF2N5O2/c22-14-12-27-20-18(14)17(4-5-25-20)31-19-15(23)10-13(11-16(19)24)28-21(30)26-6-9-29-7-2-1-3-8-29/h4-5,10-12H,1-3,6-9H2,(H,25,27)(H2,26,28,30). The van der Waals surface area contributed by atoms with Crippen LogP contribution < -0.4 is 15.4 Å². The highest BCUT2D eigenvalue weighted by atomic mass is 79.9. The maximum absolute atomic E-state index is 14.6. The molecule has 3 aromatic rings. The Balaban J connectivity index is 1.40. The minimum atomic E-state index is -0.930. The van der Waals surface area contributed by atoms with Gasteiger partial charge >= 0.3 is 6.03 Å². The van der Waals surface area contributed by atoms with Crippen LogP contribution in [0.5, 0.6) is 11.5 Å². The van der Waals surface area contributed by atoms with Gasteiger partial charge in [0.05, 0.1) is 5.39 Å². The van der Waals surface area contributed by atoms with Crippen LogP contribution in [0.25, 0.3) is 11.0 Å². The summed E-state index contributed by atoms with van der Waals surface area (Å²) in [5.74, 6) is -2.18. The van der Waals surface area contributed by atoms with Crippen LogP contribution in [0, 0.1) is 11.6 Å². The molecule has 10 heteroatoms. The van der Waals surface area contributed by atoms with Gasteiger partial charge in [-0.15, -0.1) is 0 Å². The molecule has 0 bridgehead atoms. The number of nitrogens with one attached hydrogen (secondary N) is 3. The van der Waals surface area contributed by atoms with Crippen molar-refractivity contribution in [3.05, 3.63) is 46.7 Å². The Morgan fingerprint density at radius 3 is 2.71 bits per heavy atom. The number of fused-ring (bicyclic) bond motifs is 1. The van der Waals surface area contributed by atoms with Crippen molar-refractivity contribution in [2.24, 2.45) is 0 Å². The van der Waals surface area contributed by atoms with Gasteiger partial charge in [-0.2, -0.15) is 0 Å². The summed E-state index contributed by atoms with van der Waals surface area (Å²) in [4.78, 5) is 21.4. The number of aromatic nitrogens is 2. The molecule has 2 amide bonds. The quantitative estimate of drug-likeness (QED) is 0.451. The first-order chi connectivity index (χ1) is 15.0. The van der Waals surface area contributed by atoms with Crippen molar-refractivity contribution in [2.75, 3.05) is 31.5 Å². The van der Waals surface area contributed by atoms with E-state index in [0.29, 0.717) is 22.1 Å². The number of nitrogens with zero attached hydrogens (tertiary/aromatic N) is 2. The number of carbonyl (C=O) groups excluding carboxylic acids is 1. The average Bonchev–Trinajstić information content (AvgIpc) is 3.13. The van der Waals surface area contributed by atoms with E-state index in [1.165, 1.54) is 31.5 Å². The third-order valence-corrected chi connectivity index (χ3v) is 5.74. The summed E-state index contributed by atoms with van der Waals surface area (Å²) in [6, 6.07) is 3.04. The molecule has 0 saturated carbocycles. The van der Waals surface area contributed by atoms with Crippen LogP contribution in [0.4, 0.5) is 19.3 Å². The van der Waals surface area contributed by atoms with Crippen LogP contribution in [0.1, 0.15) is 19.3 Å². The summed E-state index contributed by atoms with van der Waals surface area (Å²) in [5.41, 5.74) is 0.519. The summed E-state index contributed by atoms with van der Waals surface area (Å²) in [6.07, 6.45) is 6.72. The number of carbonyl (C=O) groups is 1. The van der Waals surface area contributed by atoms with Crippen LogP contribution in [-0.2, 0) is 0 Å². The SMILES string of the molecule is O=C(NCCN1CCCCC1)Nc1cc(F)c(Oc2ccnc3[nH]cc(Br)c23)c(F)c1. The molecule has 3 heterocycles. The number of benzene rings is 1. The number of likely N-dealkylation sites (tertiary alicyclic amines) is 1. The molecule has 0 atom stereocenters. The maximum atomic E-state index is 14.6. The van der Waals surface area contributed by atoms with Crippen molar-refractivity contribution in [2.45, 2.75) is 19.3 Å². The molecule has 0 spiro atoms. The van der Waals surface area contributed by atoms with E-state index in [0.717, 1.165) is 31.8 Å². The van der Waals surface area contributed by atoms with Crippen molar-refractivity contribution in [3.63, 3.8) is 0 Å². The number of aromatic amines is 1. The number of piperidine rings is 1. The number of anilines is 1. The second-order valence-corrected chi connectivity index (χ2v) is 8.18. The van der Waals surface area contributed by atoms with Gasteiger partial charge in [0.25, 0.3) is 0 Å². The molecule has 0 unspecified atom stereocenters.